The maximum atomic E-state index is 4.04. The summed E-state index contributed by atoms with van der Waals surface area (Å²) in [6.07, 6.45) is 5.19. The second-order valence-corrected chi connectivity index (χ2v) is 2.87. The molecule has 1 aromatic carbocycles. The van der Waals surface area contributed by atoms with E-state index >= 15 is 0 Å². The average molecular weight is 423 g/mol. The molecule has 0 atom stereocenters. The standard InChI is InChI=1S/C10H8N2.Rf/c1-7-5-9-10(6-8(7)2)12-4-3-11-9;/h5-6H,1-2H3;/q-1;. The molecule has 2 aromatic rings. The fourth-order valence-corrected chi connectivity index (χ4v) is 1.14. The maximum absolute atomic E-state index is 4.04. The van der Waals surface area contributed by atoms with Gasteiger partial charge in [0.15, 0.2) is 0 Å². The number of hydrogen-bond acceptors (Lipinski definition) is 2. The number of aromatic nitrogens is 2. The molecule has 0 unspecified atom stereocenters. The first-order valence-corrected chi connectivity index (χ1v) is 3.80. The summed E-state index contributed by atoms with van der Waals surface area (Å²) in [5, 5.41) is 0. The molecular weight excluding hydrogens is 415 g/mol. The Morgan fingerprint density at radius 2 is 1.77 bits per heavy atom. The van der Waals surface area contributed by atoms with Crippen LogP contribution >= 0.6 is 0 Å². The third-order valence-electron chi connectivity index (χ3n) is 1.99. The Morgan fingerprint density at radius 1 is 1.15 bits per heavy atom. The molecule has 0 saturated heterocycles. The Labute approximate surface area is 71.3 Å². The summed E-state index contributed by atoms with van der Waals surface area (Å²) >= 11 is 0. The Balaban J connectivity index is 0.000000845. The van der Waals surface area contributed by atoms with Gasteiger partial charge in [-0.2, -0.15) is 0 Å². The van der Waals surface area contributed by atoms with Gasteiger partial charge in [-0.3, -0.25) is 4.98 Å². The van der Waals surface area contributed by atoms with Crippen LogP contribution in [-0.4, -0.2) is 9.97 Å². The van der Waals surface area contributed by atoms with Crippen molar-refractivity contribution in [3.05, 3.63) is 35.7 Å². The van der Waals surface area contributed by atoms with E-state index in [1.165, 1.54) is 11.1 Å². The van der Waals surface area contributed by atoms with E-state index in [2.05, 4.69) is 36.2 Å². The molecule has 61 valence electrons. The Morgan fingerprint density at radius 3 is 2.46 bits per heavy atom. The van der Waals surface area contributed by atoms with Gasteiger partial charge in [0.25, 0.3) is 0 Å². The number of benzene rings is 1. The molecule has 0 aliphatic heterocycles. The molecule has 3 heteroatoms. The van der Waals surface area contributed by atoms with Crippen LogP contribution in [0, 0.1) is 26.2 Å². The van der Waals surface area contributed by atoms with Gasteiger partial charge in [0.2, 0.25) is 0 Å². The van der Waals surface area contributed by atoms with Crippen LogP contribution in [0.25, 0.3) is 11.0 Å². The molecule has 1 aromatic heterocycles. The maximum Gasteiger partial charge on any atom is 0.00580 e. The summed E-state index contributed by atoms with van der Waals surface area (Å²) < 4.78 is 0. The molecule has 0 saturated carbocycles. The third-order valence-corrected chi connectivity index (χ3v) is 1.99. The second-order valence-electron chi connectivity index (χ2n) is 2.87. The van der Waals surface area contributed by atoms with E-state index < -0.39 is 0 Å². The fourth-order valence-electron chi connectivity index (χ4n) is 1.14. The first-order valence-electron chi connectivity index (χ1n) is 3.80. The Kier molecular flexibility index (Phi) is 1.93. The van der Waals surface area contributed by atoms with Crippen molar-refractivity contribution >= 4 is 11.0 Å². The number of nitrogens with zero attached hydrogens (tertiary/aromatic N) is 2. The third kappa shape index (κ3) is 1.29. The van der Waals surface area contributed by atoms with Crippen molar-refractivity contribution in [3.8, 4) is 0 Å². The van der Waals surface area contributed by atoms with Crippen LogP contribution in [-0.2, 0) is 0 Å². The van der Waals surface area contributed by atoms with Crippen LogP contribution in [0.4, 0.5) is 0 Å². The van der Waals surface area contributed by atoms with Gasteiger partial charge in [-0.25, -0.2) is 0 Å². The predicted octanol–water partition coefficient (Wildman–Crippen LogP) is 1.85. The predicted molar refractivity (Wildman–Crippen MR) is 46.7 cm³/mol. The number of aryl methyl sites for hydroxylation is 2. The van der Waals surface area contributed by atoms with Gasteiger partial charge < -0.3 is 4.98 Å². The minimum absolute atomic E-state index is 0. The average Bonchev–Trinajstić information content (AvgIpc) is 2.07. The zero-order chi connectivity index (χ0) is 8.55. The van der Waals surface area contributed by atoms with Crippen LogP contribution in [0.5, 0.6) is 0 Å². The van der Waals surface area contributed by atoms with Gasteiger partial charge in [0.1, 0.15) is 0 Å². The zero-order valence-corrected chi connectivity index (χ0v) is 14.2. The van der Waals surface area contributed by atoms with E-state index in [9.17, 15) is 0 Å². The number of rotatable bonds is 0. The van der Waals surface area contributed by atoms with Crippen molar-refractivity contribution in [3.63, 3.8) is 0 Å². The SMILES string of the molecule is Cc1cc2n[c][c-]nc2cc1C.[Rf]. The summed E-state index contributed by atoms with van der Waals surface area (Å²) in [4.78, 5) is 8.08. The van der Waals surface area contributed by atoms with Crippen molar-refractivity contribution in [2.45, 2.75) is 13.8 Å². The monoisotopic (exact) mass is 423 g/mol. The first kappa shape index (κ1) is 8.65. The molecule has 2 nitrogen and oxygen atoms in total. The molecule has 0 spiro atoms. The fraction of sp³-hybridized carbons (Fsp3) is 0.200. The van der Waals surface area contributed by atoms with E-state index in [1.807, 2.05) is 12.1 Å². The first-order chi connectivity index (χ1) is 5.77. The van der Waals surface area contributed by atoms with E-state index in [4.69, 9.17) is 0 Å². The van der Waals surface area contributed by atoms with Crippen LogP contribution in [0.3, 0.4) is 0 Å². The minimum Gasteiger partial charge on any atom is -0.448 e. The molecule has 1 radical (unpaired) electrons. The van der Waals surface area contributed by atoms with Gasteiger partial charge in [0, 0.05) is 5.52 Å². The van der Waals surface area contributed by atoms with Crippen molar-refractivity contribution in [2.75, 3.05) is 0 Å². The van der Waals surface area contributed by atoms with E-state index in [0.29, 0.717) is 0 Å². The van der Waals surface area contributed by atoms with E-state index in [1.54, 1.807) is 0 Å². The van der Waals surface area contributed by atoms with Gasteiger partial charge in [-0.05, 0) is 31.7 Å². The summed E-state index contributed by atoms with van der Waals surface area (Å²) in [7, 11) is 0. The van der Waals surface area contributed by atoms with Gasteiger partial charge in [0.05, 0.1) is 0 Å². The molecule has 0 bridgehead atoms. The topological polar surface area (TPSA) is 25.8 Å². The molecule has 0 aliphatic rings. The number of fused-ring (bicyclic) bond motifs is 1. The van der Waals surface area contributed by atoms with Gasteiger partial charge in [-0.1, -0.05) is 11.1 Å². The minimum atomic E-state index is 0. The van der Waals surface area contributed by atoms with E-state index in [-0.39, 0.29) is 0 Å². The Hall–Kier alpha value is -2.44. The summed E-state index contributed by atoms with van der Waals surface area (Å²) in [6, 6.07) is 4.03. The molecule has 0 N–H and O–H groups in total. The largest absolute Gasteiger partial charge is 0.448 e. The van der Waals surface area contributed by atoms with Crippen molar-refractivity contribution in [1.82, 2.24) is 9.97 Å². The zero-order valence-electron chi connectivity index (χ0n) is 7.76. The summed E-state index contributed by atoms with van der Waals surface area (Å²) in [5.41, 5.74) is 4.24. The normalized spacial score (nSPS) is 9.69. The molecular formula is C10H8N2Rf-. The molecule has 2 rings (SSSR count). The summed E-state index contributed by atoms with van der Waals surface area (Å²) in [5.74, 6) is 0. The van der Waals surface area contributed by atoms with Crippen molar-refractivity contribution in [2.24, 2.45) is 0 Å². The summed E-state index contributed by atoms with van der Waals surface area (Å²) in [6.45, 7) is 4.13. The van der Waals surface area contributed by atoms with E-state index in [0.717, 1.165) is 11.0 Å². The molecule has 1 heterocycles. The molecule has 0 amide bonds. The Bertz CT molecular complexity index is 386. The smallest absolute Gasteiger partial charge is 0.00580 e. The van der Waals surface area contributed by atoms with Crippen molar-refractivity contribution in [1.29, 1.82) is 0 Å². The van der Waals surface area contributed by atoms with Gasteiger partial charge >= 0.3 is 0 Å². The van der Waals surface area contributed by atoms with Crippen LogP contribution in [0.2, 0.25) is 0 Å². The van der Waals surface area contributed by atoms with Gasteiger partial charge in [-0.15, -0.1) is 12.3 Å². The molecule has 0 fully saturated rings. The van der Waals surface area contributed by atoms with Crippen LogP contribution in [0.1, 0.15) is 11.1 Å². The van der Waals surface area contributed by atoms with Crippen LogP contribution in [0.15, 0.2) is 12.1 Å². The van der Waals surface area contributed by atoms with Crippen LogP contribution < -0.4 is 0 Å². The molecule has 0 aliphatic carbocycles. The van der Waals surface area contributed by atoms with Crippen molar-refractivity contribution < 1.29 is 0 Å². The quantitative estimate of drug-likeness (QED) is 0.605. The molecule has 13 heavy (non-hydrogen) atoms. The second kappa shape index (κ2) is 2.89. The number of hydrogen-bond donors (Lipinski definition) is 0.